The van der Waals surface area contributed by atoms with E-state index < -0.39 is 18.3 Å². The molecule has 0 saturated heterocycles. The summed E-state index contributed by atoms with van der Waals surface area (Å²) in [6.45, 7) is -0.705. The quantitative estimate of drug-likeness (QED) is 0.718. The van der Waals surface area contributed by atoms with E-state index in [4.69, 9.17) is 26.0 Å². The molecule has 10 heteroatoms. The summed E-state index contributed by atoms with van der Waals surface area (Å²) in [5.74, 6) is 0.629. The van der Waals surface area contributed by atoms with Crippen LogP contribution >= 0.6 is 11.6 Å². The lowest BCUT2D eigenvalue weighted by molar-refractivity contribution is -0.138. The van der Waals surface area contributed by atoms with Crippen LogP contribution in [0.4, 0.5) is 13.2 Å². The van der Waals surface area contributed by atoms with E-state index in [1.807, 2.05) is 0 Å². The maximum atomic E-state index is 13.1. The topological polar surface area (TPSA) is 81.3 Å². The Labute approximate surface area is 150 Å². The number of aromatic nitrogens is 3. The highest BCUT2D eigenvalue weighted by molar-refractivity contribution is 6.31. The fourth-order valence-corrected chi connectivity index (χ4v) is 2.37. The van der Waals surface area contributed by atoms with Crippen LogP contribution in [0.1, 0.15) is 16.9 Å². The lowest BCUT2D eigenvalue weighted by Gasteiger charge is -2.14. The molecule has 26 heavy (non-hydrogen) atoms. The Bertz CT molecular complexity index is 898. The van der Waals surface area contributed by atoms with Gasteiger partial charge in [0.1, 0.15) is 13.2 Å². The van der Waals surface area contributed by atoms with Crippen LogP contribution in [0.2, 0.25) is 5.02 Å². The first-order chi connectivity index (χ1) is 12.4. The molecule has 3 aromatic rings. The van der Waals surface area contributed by atoms with Crippen molar-refractivity contribution in [1.82, 2.24) is 15.1 Å². The van der Waals surface area contributed by atoms with Crippen LogP contribution in [0.3, 0.4) is 0 Å². The highest BCUT2D eigenvalue weighted by atomic mass is 35.5. The third-order valence-electron chi connectivity index (χ3n) is 3.38. The second kappa shape index (κ2) is 7.30. The Kier molecular flexibility index (Phi) is 5.10. The van der Waals surface area contributed by atoms with Crippen LogP contribution in [-0.4, -0.2) is 20.2 Å². The van der Waals surface area contributed by atoms with Gasteiger partial charge in [0.05, 0.1) is 18.0 Å². The Balaban J connectivity index is 1.75. The first kappa shape index (κ1) is 18.2. The minimum Gasteiger partial charge on any atom is -0.486 e. The Morgan fingerprint density at radius 2 is 1.92 bits per heavy atom. The standard InChI is InChI=1S/C16H11ClF3N3O3/c17-13-3-1-2-12(16(18,19)20)11(13)8-25-10-5-21-15(22-6-10)14-4-9(7-24)26-23-14/h1-6,24H,7-8H2. The zero-order valence-corrected chi connectivity index (χ0v) is 13.8. The first-order valence-corrected chi connectivity index (χ1v) is 7.62. The second-order valence-electron chi connectivity index (χ2n) is 5.13. The molecule has 2 aromatic heterocycles. The van der Waals surface area contributed by atoms with E-state index in [2.05, 4.69) is 15.1 Å². The summed E-state index contributed by atoms with van der Waals surface area (Å²) < 4.78 is 49.3. The van der Waals surface area contributed by atoms with Crippen LogP contribution in [0, 0.1) is 0 Å². The molecule has 0 aliphatic heterocycles. The van der Waals surface area contributed by atoms with E-state index in [0.29, 0.717) is 5.69 Å². The summed E-state index contributed by atoms with van der Waals surface area (Å²) in [6, 6.07) is 4.99. The summed E-state index contributed by atoms with van der Waals surface area (Å²) in [4.78, 5) is 8.01. The summed E-state index contributed by atoms with van der Waals surface area (Å²) in [6.07, 6.45) is -1.96. The summed E-state index contributed by atoms with van der Waals surface area (Å²) in [5.41, 5.74) is -0.720. The summed E-state index contributed by atoms with van der Waals surface area (Å²) >= 11 is 5.87. The molecule has 6 nitrogen and oxygen atoms in total. The zero-order valence-electron chi connectivity index (χ0n) is 13.0. The van der Waals surface area contributed by atoms with Gasteiger partial charge in [-0.15, -0.1) is 0 Å². The zero-order chi connectivity index (χ0) is 18.7. The van der Waals surface area contributed by atoms with Gasteiger partial charge in [0, 0.05) is 16.7 Å². The minimum atomic E-state index is -4.54. The monoisotopic (exact) mass is 385 g/mol. The number of halogens is 4. The molecule has 0 aliphatic rings. The molecule has 2 heterocycles. The summed E-state index contributed by atoms with van der Waals surface area (Å²) in [5, 5.41) is 12.6. The molecule has 0 saturated carbocycles. The lowest BCUT2D eigenvalue weighted by atomic mass is 10.1. The van der Waals surface area contributed by atoms with Crippen molar-refractivity contribution in [1.29, 1.82) is 0 Å². The van der Waals surface area contributed by atoms with Crippen LogP contribution < -0.4 is 4.74 Å². The van der Waals surface area contributed by atoms with Gasteiger partial charge in [0.15, 0.2) is 23.0 Å². The highest BCUT2D eigenvalue weighted by Crippen LogP contribution is 2.35. The molecule has 136 valence electrons. The fourth-order valence-electron chi connectivity index (χ4n) is 2.14. The molecule has 0 fully saturated rings. The van der Waals surface area contributed by atoms with Gasteiger partial charge in [-0.3, -0.25) is 0 Å². The van der Waals surface area contributed by atoms with E-state index in [1.54, 1.807) is 0 Å². The number of hydrogen-bond acceptors (Lipinski definition) is 6. The third-order valence-corrected chi connectivity index (χ3v) is 3.73. The molecule has 0 bridgehead atoms. The van der Waals surface area contributed by atoms with Crippen molar-refractivity contribution < 1.29 is 27.5 Å². The maximum Gasteiger partial charge on any atom is 0.416 e. The van der Waals surface area contributed by atoms with E-state index >= 15 is 0 Å². The molecule has 0 atom stereocenters. The van der Waals surface area contributed by atoms with Crippen LogP contribution in [0.5, 0.6) is 5.75 Å². The molecule has 0 aliphatic carbocycles. The van der Waals surface area contributed by atoms with Gasteiger partial charge < -0.3 is 14.4 Å². The molecule has 0 unspecified atom stereocenters. The van der Waals surface area contributed by atoms with Gasteiger partial charge >= 0.3 is 6.18 Å². The largest absolute Gasteiger partial charge is 0.486 e. The van der Waals surface area contributed by atoms with Crippen LogP contribution in [-0.2, 0) is 19.4 Å². The lowest BCUT2D eigenvalue weighted by Crippen LogP contribution is -2.11. The SMILES string of the molecule is OCc1cc(-c2ncc(OCc3c(Cl)cccc3C(F)(F)F)cn2)no1. The molecule has 1 N–H and O–H groups in total. The molecular formula is C16H11ClF3N3O3. The normalized spacial score (nSPS) is 11.6. The fraction of sp³-hybridized carbons (Fsp3) is 0.188. The van der Waals surface area contributed by atoms with Crippen molar-refractivity contribution in [2.75, 3.05) is 0 Å². The number of hydrogen-bond donors (Lipinski definition) is 1. The van der Waals surface area contributed by atoms with Gasteiger partial charge in [-0.2, -0.15) is 13.2 Å². The molecule has 0 spiro atoms. The van der Waals surface area contributed by atoms with E-state index in [0.717, 1.165) is 6.07 Å². The number of rotatable bonds is 5. The van der Waals surface area contributed by atoms with E-state index in [1.165, 1.54) is 30.6 Å². The Morgan fingerprint density at radius 1 is 1.19 bits per heavy atom. The van der Waals surface area contributed by atoms with Crippen molar-refractivity contribution in [3.63, 3.8) is 0 Å². The number of benzene rings is 1. The van der Waals surface area contributed by atoms with Crippen molar-refractivity contribution in [3.8, 4) is 17.3 Å². The predicted octanol–water partition coefficient (Wildman–Crippen LogP) is 3.88. The van der Waals surface area contributed by atoms with Gasteiger partial charge in [-0.25, -0.2) is 9.97 Å². The number of aliphatic hydroxyl groups is 1. The van der Waals surface area contributed by atoms with Gasteiger partial charge in [0.25, 0.3) is 0 Å². The number of alkyl halides is 3. The molecule has 1 aromatic carbocycles. The number of nitrogens with zero attached hydrogens (tertiary/aromatic N) is 3. The molecule has 0 amide bonds. The average Bonchev–Trinajstić information content (AvgIpc) is 3.09. The predicted molar refractivity (Wildman–Crippen MR) is 84.2 cm³/mol. The van der Waals surface area contributed by atoms with Gasteiger partial charge in [-0.05, 0) is 12.1 Å². The Hall–Kier alpha value is -2.65. The maximum absolute atomic E-state index is 13.1. The number of aliphatic hydroxyl groups excluding tert-OH is 1. The third kappa shape index (κ3) is 3.94. The van der Waals surface area contributed by atoms with Crippen LogP contribution in [0.15, 0.2) is 41.2 Å². The minimum absolute atomic E-state index is 0.0449. The van der Waals surface area contributed by atoms with Crippen molar-refractivity contribution in [2.24, 2.45) is 0 Å². The summed E-state index contributed by atoms with van der Waals surface area (Å²) in [7, 11) is 0. The highest BCUT2D eigenvalue weighted by Gasteiger charge is 2.34. The average molecular weight is 386 g/mol. The molecule has 3 rings (SSSR count). The van der Waals surface area contributed by atoms with Crippen molar-refractivity contribution in [3.05, 3.63) is 58.6 Å². The first-order valence-electron chi connectivity index (χ1n) is 7.24. The van der Waals surface area contributed by atoms with Crippen molar-refractivity contribution >= 4 is 11.6 Å². The number of ether oxygens (including phenoxy) is 1. The second-order valence-corrected chi connectivity index (χ2v) is 5.54. The van der Waals surface area contributed by atoms with E-state index in [-0.39, 0.29) is 34.5 Å². The van der Waals surface area contributed by atoms with E-state index in [9.17, 15) is 13.2 Å². The van der Waals surface area contributed by atoms with Crippen molar-refractivity contribution in [2.45, 2.75) is 19.4 Å². The van der Waals surface area contributed by atoms with Crippen LogP contribution in [0.25, 0.3) is 11.5 Å². The molecule has 0 radical (unpaired) electrons. The molecular weight excluding hydrogens is 375 g/mol. The smallest absolute Gasteiger partial charge is 0.416 e. The van der Waals surface area contributed by atoms with Gasteiger partial charge in [-0.1, -0.05) is 22.8 Å². The Morgan fingerprint density at radius 3 is 2.54 bits per heavy atom. The van der Waals surface area contributed by atoms with Gasteiger partial charge in [0.2, 0.25) is 0 Å².